The lowest BCUT2D eigenvalue weighted by Gasteiger charge is -2.07. The normalized spacial score (nSPS) is 10.7. The second-order valence-electron chi connectivity index (χ2n) is 5.74. The van der Waals surface area contributed by atoms with Crippen molar-refractivity contribution < 1.29 is 9.18 Å². The highest BCUT2D eigenvalue weighted by Crippen LogP contribution is 2.21. The minimum atomic E-state index is -0.378. The molecule has 0 spiro atoms. The van der Waals surface area contributed by atoms with Crippen molar-refractivity contribution in [2.45, 2.75) is 19.9 Å². The van der Waals surface area contributed by atoms with E-state index in [1.54, 1.807) is 22.9 Å². The van der Waals surface area contributed by atoms with Crippen molar-refractivity contribution in [1.29, 1.82) is 0 Å². The second-order valence-corrected chi connectivity index (χ2v) is 6.15. The summed E-state index contributed by atoms with van der Waals surface area (Å²) < 4.78 is 15.5. The van der Waals surface area contributed by atoms with Gasteiger partial charge in [0.15, 0.2) is 5.82 Å². The van der Waals surface area contributed by atoms with Crippen LogP contribution in [0, 0.1) is 12.7 Å². The van der Waals surface area contributed by atoms with Gasteiger partial charge >= 0.3 is 0 Å². The Morgan fingerprint density at radius 1 is 1.20 bits per heavy atom. The maximum absolute atomic E-state index is 13.9. The van der Waals surface area contributed by atoms with E-state index < -0.39 is 0 Å². The van der Waals surface area contributed by atoms with Gasteiger partial charge in [-0.05, 0) is 24.6 Å². The van der Waals surface area contributed by atoms with Crippen LogP contribution in [0.25, 0.3) is 0 Å². The van der Waals surface area contributed by atoms with Crippen LogP contribution in [0.15, 0.2) is 54.6 Å². The lowest BCUT2D eigenvalue weighted by atomic mass is 10.1. The molecule has 1 amide bonds. The number of nitrogens with zero attached hydrogens (tertiary/aromatic N) is 2. The third-order valence-corrected chi connectivity index (χ3v) is 4.18. The lowest BCUT2D eigenvalue weighted by Crippen LogP contribution is -2.15. The number of carbonyl (C=O) groups is 1. The van der Waals surface area contributed by atoms with Crippen molar-refractivity contribution in [1.82, 2.24) is 9.78 Å². The largest absolute Gasteiger partial charge is 0.309 e. The van der Waals surface area contributed by atoms with Gasteiger partial charge in [-0.1, -0.05) is 48.0 Å². The molecule has 25 heavy (non-hydrogen) atoms. The van der Waals surface area contributed by atoms with Crippen LogP contribution >= 0.6 is 11.6 Å². The fourth-order valence-corrected chi connectivity index (χ4v) is 2.76. The predicted molar refractivity (Wildman–Crippen MR) is 96.3 cm³/mol. The van der Waals surface area contributed by atoms with Crippen molar-refractivity contribution in [3.8, 4) is 0 Å². The first-order chi connectivity index (χ1) is 12.0. The number of aromatic nitrogens is 2. The third-order valence-electron chi connectivity index (χ3n) is 3.83. The summed E-state index contributed by atoms with van der Waals surface area (Å²) in [7, 11) is 0. The number of anilines is 1. The average Bonchev–Trinajstić information content (AvgIpc) is 2.91. The first-order valence-corrected chi connectivity index (χ1v) is 8.22. The molecule has 1 N–H and O–H groups in total. The second kappa shape index (κ2) is 7.49. The minimum absolute atomic E-state index is 0.153. The van der Waals surface area contributed by atoms with Gasteiger partial charge in [-0.15, -0.1) is 0 Å². The Bertz CT molecular complexity index is 873. The van der Waals surface area contributed by atoms with Crippen LogP contribution in [-0.4, -0.2) is 15.7 Å². The number of benzene rings is 2. The zero-order valence-corrected chi connectivity index (χ0v) is 14.4. The number of nitrogens with one attached hydrogen (secondary N) is 1. The van der Waals surface area contributed by atoms with E-state index in [0.29, 0.717) is 16.4 Å². The summed E-state index contributed by atoms with van der Waals surface area (Å²) in [6, 6.07) is 15.8. The molecule has 128 valence electrons. The summed E-state index contributed by atoms with van der Waals surface area (Å²) >= 11 is 6.06. The molecule has 1 aromatic heterocycles. The molecular weight excluding hydrogens is 341 g/mol. The van der Waals surface area contributed by atoms with E-state index in [2.05, 4.69) is 10.4 Å². The fourth-order valence-electron chi connectivity index (χ4n) is 2.53. The molecule has 3 aromatic rings. The Morgan fingerprint density at radius 3 is 2.68 bits per heavy atom. The Balaban J connectivity index is 1.71. The van der Waals surface area contributed by atoms with E-state index in [1.807, 2.05) is 37.3 Å². The van der Waals surface area contributed by atoms with Crippen molar-refractivity contribution in [2.24, 2.45) is 0 Å². The van der Waals surface area contributed by atoms with Gasteiger partial charge in [-0.25, -0.2) is 4.39 Å². The highest BCUT2D eigenvalue weighted by molar-refractivity contribution is 6.31. The van der Waals surface area contributed by atoms with Crippen LogP contribution in [0.3, 0.4) is 0 Å². The molecule has 2 aromatic carbocycles. The first-order valence-electron chi connectivity index (χ1n) is 7.84. The van der Waals surface area contributed by atoms with Crippen LogP contribution in [-0.2, 0) is 17.8 Å². The number of carbonyl (C=O) groups excluding carboxylic acids is 1. The Hall–Kier alpha value is -2.66. The minimum Gasteiger partial charge on any atom is -0.309 e. The van der Waals surface area contributed by atoms with E-state index in [4.69, 9.17) is 11.6 Å². The van der Waals surface area contributed by atoms with Crippen molar-refractivity contribution in [3.63, 3.8) is 0 Å². The molecule has 0 atom stereocenters. The lowest BCUT2D eigenvalue weighted by molar-refractivity contribution is -0.115. The molecule has 0 unspecified atom stereocenters. The molecule has 6 heteroatoms. The van der Waals surface area contributed by atoms with Gasteiger partial charge in [0.1, 0.15) is 5.82 Å². The summed E-state index contributed by atoms with van der Waals surface area (Å²) in [5.41, 5.74) is 2.10. The molecular formula is C19H17ClFN3O. The summed E-state index contributed by atoms with van der Waals surface area (Å²) in [5.74, 6) is -0.0947. The van der Waals surface area contributed by atoms with E-state index in [0.717, 1.165) is 11.3 Å². The summed E-state index contributed by atoms with van der Waals surface area (Å²) in [6.07, 6.45) is 0.270. The molecule has 0 saturated heterocycles. The number of amides is 1. The van der Waals surface area contributed by atoms with E-state index >= 15 is 0 Å². The van der Waals surface area contributed by atoms with Gasteiger partial charge < -0.3 is 5.32 Å². The zero-order valence-electron chi connectivity index (χ0n) is 13.7. The molecule has 0 aliphatic carbocycles. The topological polar surface area (TPSA) is 46.9 Å². The fraction of sp³-hybridized carbons (Fsp3) is 0.158. The van der Waals surface area contributed by atoms with Gasteiger partial charge in [-0.2, -0.15) is 5.10 Å². The highest BCUT2D eigenvalue weighted by Gasteiger charge is 2.12. The van der Waals surface area contributed by atoms with Gasteiger partial charge in [0, 0.05) is 22.3 Å². The summed E-state index contributed by atoms with van der Waals surface area (Å²) in [4.78, 5) is 12.1. The molecule has 0 radical (unpaired) electrons. The quantitative estimate of drug-likeness (QED) is 0.743. The maximum Gasteiger partial charge on any atom is 0.229 e. The van der Waals surface area contributed by atoms with Crippen molar-refractivity contribution in [3.05, 3.63) is 82.3 Å². The molecule has 0 aliphatic rings. The van der Waals surface area contributed by atoms with Crippen LogP contribution in [0.5, 0.6) is 0 Å². The Labute approximate surface area is 150 Å². The van der Waals surface area contributed by atoms with E-state index in [1.165, 1.54) is 6.07 Å². The third kappa shape index (κ3) is 4.25. The molecule has 0 aliphatic heterocycles. The van der Waals surface area contributed by atoms with E-state index in [9.17, 15) is 9.18 Å². The predicted octanol–water partition coefficient (Wildman–Crippen LogP) is 4.21. The van der Waals surface area contributed by atoms with Crippen molar-refractivity contribution in [2.75, 3.05) is 5.32 Å². The smallest absolute Gasteiger partial charge is 0.229 e. The number of halogens is 2. The standard InChI is InChI=1S/C19H17ClFN3O/c1-13-10-18(22-19(25)11-14-6-3-2-4-7-14)23-24(13)12-15-16(20)8-5-9-17(15)21/h2-10H,11-12H2,1H3,(H,22,23,25). The summed E-state index contributed by atoms with van der Waals surface area (Å²) in [5, 5.41) is 7.45. The molecule has 0 fully saturated rings. The number of hydrogen-bond donors (Lipinski definition) is 1. The van der Waals surface area contributed by atoms with Crippen LogP contribution in [0.4, 0.5) is 10.2 Å². The number of hydrogen-bond acceptors (Lipinski definition) is 2. The molecule has 0 saturated carbocycles. The SMILES string of the molecule is Cc1cc(NC(=O)Cc2ccccc2)nn1Cc1c(F)cccc1Cl. The van der Waals surface area contributed by atoms with Crippen LogP contribution in [0.2, 0.25) is 5.02 Å². The maximum atomic E-state index is 13.9. The molecule has 1 heterocycles. The molecule has 3 rings (SSSR count). The Kier molecular flexibility index (Phi) is 5.14. The highest BCUT2D eigenvalue weighted by atomic mass is 35.5. The average molecular weight is 358 g/mol. The summed E-state index contributed by atoms with van der Waals surface area (Å²) in [6.45, 7) is 2.04. The van der Waals surface area contributed by atoms with Crippen LogP contribution < -0.4 is 5.32 Å². The van der Waals surface area contributed by atoms with Crippen molar-refractivity contribution >= 4 is 23.3 Å². The number of aryl methyl sites for hydroxylation is 1. The molecule has 4 nitrogen and oxygen atoms in total. The number of rotatable bonds is 5. The van der Waals surface area contributed by atoms with Gasteiger partial charge in [0.05, 0.1) is 13.0 Å². The van der Waals surface area contributed by atoms with Gasteiger partial charge in [0.2, 0.25) is 5.91 Å². The monoisotopic (exact) mass is 357 g/mol. The van der Waals surface area contributed by atoms with Crippen LogP contribution in [0.1, 0.15) is 16.8 Å². The first kappa shape index (κ1) is 17.2. The van der Waals surface area contributed by atoms with Gasteiger partial charge in [0.25, 0.3) is 0 Å². The molecule has 0 bridgehead atoms. The van der Waals surface area contributed by atoms with Gasteiger partial charge in [-0.3, -0.25) is 9.48 Å². The zero-order chi connectivity index (χ0) is 17.8. The van der Waals surface area contributed by atoms with E-state index in [-0.39, 0.29) is 24.7 Å². The Morgan fingerprint density at radius 2 is 1.96 bits per heavy atom.